The number of carbonyl (C=O) groups is 1. The molecule has 0 radical (unpaired) electrons. The number of benzene rings is 1. The van der Waals surface area contributed by atoms with E-state index in [2.05, 4.69) is 5.32 Å². The summed E-state index contributed by atoms with van der Waals surface area (Å²) in [6.07, 6.45) is -1.00. The van der Waals surface area contributed by atoms with Crippen molar-refractivity contribution in [3.8, 4) is 0 Å². The van der Waals surface area contributed by atoms with E-state index in [1.54, 1.807) is 12.1 Å². The summed E-state index contributed by atoms with van der Waals surface area (Å²) in [6, 6.07) is 5.82. The van der Waals surface area contributed by atoms with Gasteiger partial charge < -0.3 is 10.4 Å². The summed E-state index contributed by atoms with van der Waals surface area (Å²) >= 11 is 0. The smallest absolute Gasteiger partial charge is 0.248 e. The Labute approximate surface area is 81.6 Å². The van der Waals surface area contributed by atoms with Crippen LogP contribution >= 0.6 is 0 Å². The number of amides is 1. The first kappa shape index (κ1) is 10.7. The Bertz CT molecular complexity index is 328. The molecule has 76 valence electrons. The summed E-state index contributed by atoms with van der Waals surface area (Å²) in [5, 5.41) is 11.6. The van der Waals surface area contributed by atoms with Crippen molar-refractivity contribution >= 4 is 5.91 Å². The predicted octanol–water partition coefficient (Wildman–Crippen LogP) is 0.475. The van der Waals surface area contributed by atoms with Crippen molar-refractivity contribution in [1.29, 1.82) is 0 Å². The van der Waals surface area contributed by atoms with Crippen LogP contribution in [-0.2, 0) is 11.2 Å². The Morgan fingerprint density at radius 3 is 2.93 bits per heavy atom. The van der Waals surface area contributed by atoms with E-state index in [0.717, 1.165) is 0 Å². The molecule has 2 N–H and O–H groups in total. The second-order valence-corrected chi connectivity index (χ2v) is 2.96. The Balaban J connectivity index is 2.64. The molecule has 0 fully saturated rings. The summed E-state index contributed by atoms with van der Waals surface area (Å²) in [4.78, 5) is 10.9. The lowest BCUT2D eigenvalue weighted by atomic mass is 10.1. The second-order valence-electron chi connectivity index (χ2n) is 2.96. The largest absolute Gasteiger partial charge is 0.383 e. The molecule has 4 heteroatoms. The van der Waals surface area contributed by atoms with Gasteiger partial charge in [-0.05, 0) is 17.7 Å². The Kier molecular flexibility index (Phi) is 3.59. The average molecular weight is 197 g/mol. The van der Waals surface area contributed by atoms with E-state index in [4.69, 9.17) is 0 Å². The third-order valence-electron chi connectivity index (χ3n) is 1.87. The topological polar surface area (TPSA) is 49.3 Å². The van der Waals surface area contributed by atoms with Gasteiger partial charge in [-0.25, -0.2) is 4.39 Å². The number of aliphatic hydroxyl groups excluding tert-OH is 1. The average Bonchev–Trinajstić information content (AvgIpc) is 2.16. The predicted molar refractivity (Wildman–Crippen MR) is 50.2 cm³/mol. The van der Waals surface area contributed by atoms with Gasteiger partial charge in [-0.1, -0.05) is 12.1 Å². The Hall–Kier alpha value is -1.42. The van der Waals surface area contributed by atoms with Crippen LogP contribution in [0.25, 0.3) is 0 Å². The van der Waals surface area contributed by atoms with Crippen LogP contribution in [0.5, 0.6) is 0 Å². The number of nitrogens with one attached hydrogen (secondary N) is 1. The van der Waals surface area contributed by atoms with E-state index in [-0.39, 0.29) is 12.2 Å². The van der Waals surface area contributed by atoms with Crippen LogP contribution in [0.1, 0.15) is 5.56 Å². The fourth-order valence-corrected chi connectivity index (χ4v) is 1.15. The zero-order valence-electron chi connectivity index (χ0n) is 7.83. The first-order chi connectivity index (χ1) is 6.63. The van der Waals surface area contributed by atoms with Crippen LogP contribution in [0, 0.1) is 5.82 Å². The molecule has 0 unspecified atom stereocenters. The number of hydrogen-bond donors (Lipinski definition) is 2. The Morgan fingerprint density at radius 1 is 1.64 bits per heavy atom. The lowest BCUT2D eigenvalue weighted by Crippen LogP contribution is -2.33. The minimum atomic E-state index is -1.12. The molecule has 0 saturated heterocycles. The van der Waals surface area contributed by atoms with Gasteiger partial charge in [0.1, 0.15) is 11.9 Å². The maximum absolute atomic E-state index is 12.7. The quantitative estimate of drug-likeness (QED) is 0.740. The minimum Gasteiger partial charge on any atom is -0.383 e. The number of halogens is 1. The van der Waals surface area contributed by atoms with Crippen molar-refractivity contribution < 1.29 is 14.3 Å². The van der Waals surface area contributed by atoms with Gasteiger partial charge >= 0.3 is 0 Å². The van der Waals surface area contributed by atoms with Crippen LogP contribution in [0.4, 0.5) is 4.39 Å². The van der Waals surface area contributed by atoms with Gasteiger partial charge in [-0.2, -0.15) is 0 Å². The fraction of sp³-hybridized carbons (Fsp3) is 0.300. The summed E-state index contributed by atoms with van der Waals surface area (Å²) < 4.78 is 12.7. The Morgan fingerprint density at radius 2 is 2.36 bits per heavy atom. The molecule has 0 aliphatic carbocycles. The molecular weight excluding hydrogens is 185 g/mol. The van der Waals surface area contributed by atoms with Gasteiger partial charge in [-0.15, -0.1) is 0 Å². The van der Waals surface area contributed by atoms with Crippen molar-refractivity contribution in [2.45, 2.75) is 12.5 Å². The maximum Gasteiger partial charge on any atom is 0.248 e. The van der Waals surface area contributed by atoms with Crippen molar-refractivity contribution in [2.24, 2.45) is 0 Å². The van der Waals surface area contributed by atoms with E-state index in [1.807, 2.05) is 0 Å². The van der Waals surface area contributed by atoms with E-state index < -0.39 is 12.0 Å². The number of carbonyl (C=O) groups excluding carboxylic acids is 1. The second kappa shape index (κ2) is 4.72. The SMILES string of the molecule is CNC(=O)[C@@H](O)Cc1cccc(F)c1. The van der Waals surface area contributed by atoms with Gasteiger partial charge in [0.25, 0.3) is 0 Å². The van der Waals surface area contributed by atoms with Gasteiger partial charge in [0.2, 0.25) is 5.91 Å². The van der Waals surface area contributed by atoms with Gasteiger partial charge in [0.05, 0.1) is 0 Å². The van der Waals surface area contributed by atoms with Crippen LogP contribution in [0.3, 0.4) is 0 Å². The molecule has 0 heterocycles. The zero-order valence-corrected chi connectivity index (χ0v) is 7.83. The van der Waals surface area contributed by atoms with Crippen LogP contribution in [0.2, 0.25) is 0 Å². The first-order valence-electron chi connectivity index (χ1n) is 4.27. The van der Waals surface area contributed by atoms with E-state index in [9.17, 15) is 14.3 Å². The van der Waals surface area contributed by atoms with Gasteiger partial charge in [-0.3, -0.25) is 4.79 Å². The fourth-order valence-electron chi connectivity index (χ4n) is 1.15. The standard InChI is InChI=1S/C10H12FNO2/c1-12-10(14)9(13)6-7-3-2-4-8(11)5-7/h2-5,9,13H,6H2,1H3,(H,12,14)/t9-/m0/s1. The number of rotatable bonds is 3. The molecule has 0 saturated carbocycles. The lowest BCUT2D eigenvalue weighted by Gasteiger charge is -2.08. The molecule has 1 rings (SSSR count). The van der Waals surface area contributed by atoms with Gasteiger partial charge in [0, 0.05) is 13.5 Å². The van der Waals surface area contributed by atoms with Crippen molar-refractivity contribution in [1.82, 2.24) is 5.32 Å². The summed E-state index contributed by atoms with van der Waals surface area (Å²) in [5.74, 6) is -0.833. The number of aliphatic hydroxyl groups is 1. The lowest BCUT2D eigenvalue weighted by molar-refractivity contribution is -0.128. The highest BCUT2D eigenvalue weighted by Crippen LogP contribution is 2.06. The van der Waals surface area contributed by atoms with Crippen LogP contribution < -0.4 is 5.32 Å². The van der Waals surface area contributed by atoms with Crippen LogP contribution in [-0.4, -0.2) is 24.2 Å². The van der Waals surface area contributed by atoms with E-state index in [0.29, 0.717) is 5.56 Å². The van der Waals surface area contributed by atoms with Gasteiger partial charge in [0.15, 0.2) is 0 Å². The number of likely N-dealkylation sites (N-methyl/N-ethyl adjacent to an activating group) is 1. The molecule has 1 atom stereocenters. The molecule has 14 heavy (non-hydrogen) atoms. The van der Waals surface area contributed by atoms with E-state index in [1.165, 1.54) is 19.2 Å². The molecule has 1 aromatic carbocycles. The molecular formula is C10H12FNO2. The molecule has 0 bridgehead atoms. The monoisotopic (exact) mass is 197 g/mol. The molecule has 1 aromatic rings. The molecule has 3 nitrogen and oxygen atoms in total. The molecule has 0 aliphatic rings. The summed E-state index contributed by atoms with van der Waals surface area (Å²) in [5.41, 5.74) is 0.598. The first-order valence-corrected chi connectivity index (χ1v) is 4.27. The van der Waals surface area contributed by atoms with Crippen LogP contribution in [0.15, 0.2) is 24.3 Å². The highest BCUT2D eigenvalue weighted by Gasteiger charge is 2.13. The number of hydrogen-bond acceptors (Lipinski definition) is 2. The van der Waals surface area contributed by atoms with Crippen molar-refractivity contribution in [3.05, 3.63) is 35.6 Å². The maximum atomic E-state index is 12.7. The molecule has 0 aliphatic heterocycles. The molecule has 1 amide bonds. The normalized spacial score (nSPS) is 12.2. The third-order valence-corrected chi connectivity index (χ3v) is 1.87. The highest BCUT2D eigenvalue weighted by molar-refractivity contribution is 5.80. The highest BCUT2D eigenvalue weighted by atomic mass is 19.1. The zero-order chi connectivity index (χ0) is 10.6. The summed E-state index contributed by atoms with van der Waals surface area (Å²) in [7, 11) is 1.44. The third kappa shape index (κ3) is 2.81. The molecule has 0 aromatic heterocycles. The minimum absolute atomic E-state index is 0.122. The summed E-state index contributed by atoms with van der Waals surface area (Å²) in [6.45, 7) is 0. The van der Waals surface area contributed by atoms with Crippen molar-refractivity contribution in [3.63, 3.8) is 0 Å². The van der Waals surface area contributed by atoms with E-state index >= 15 is 0 Å². The molecule has 0 spiro atoms. The van der Waals surface area contributed by atoms with Crippen molar-refractivity contribution in [2.75, 3.05) is 7.05 Å².